The van der Waals surface area contributed by atoms with Crippen LogP contribution in [0.5, 0.6) is 11.5 Å². The Morgan fingerprint density at radius 1 is 1.08 bits per heavy atom. The average molecular weight is 596 g/mol. The van der Waals surface area contributed by atoms with Gasteiger partial charge in [-0.2, -0.15) is 0 Å². The molecule has 0 saturated carbocycles. The molecule has 0 radical (unpaired) electrons. The summed E-state index contributed by atoms with van der Waals surface area (Å²) in [5.41, 5.74) is 3.60. The van der Waals surface area contributed by atoms with Gasteiger partial charge in [-0.25, -0.2) is 0 Å². The molecule has 3 amide bonds. The predicted octanol–water partition coefficient (Wildman–Crippen LogP) is 6.45. The van der Waals surface area contributed by atoms with E-state index in [-0.39, 0.29) is 23.7 Å². The van der Waals surface area contributed by atoms with E-state index in [1.54, 1.807) is 18.2 Å². The second-order valence-electron chi connectivity index (χ2n) is 8.66. The van der Waals surface area contributed by atoms with Crippen molar-refractivity contribution in [3.8, 4) is 11.5 Å². The Morgan fingerprint density at radius 3 is 2.53 bits per heavy atom. The Bertz CT molecular complexity index is 1360. The third-order valence-corrected chi connectivity index (χ3v) is 7.29. The molecule has 1 aliphatic rings. The summed E-state index contributed by atoms with van der Waals surface area (Å²) in [7, 11) is 1.49. The number of thioether (sulfide) groups is 1. The molecule has 0 unspecified atom stereocenters. The van der Waals surface area contributed by atoms with Crippen LogP contribution in [0.1, 0.15) is 23.1 Å². The van der Waals surface area contributed by atoms with Gasteiger partial charge in [-0.1, -0.05) is 48.0 Å². The predicted molar refractivity (Wildman–Crippen MR) is 153 cm³/mol. The van der Waals surface area contributed by atoms with Gasteiger partial charge in [0, 0.05) is 12.2 Å². The summed E-state index contributed by atoms with van der Waals surface area (Å²) in [6.07, 6.45) is 3.14. The molecule has 3 aromatic rings. The van der Waals surface area contributed by atoms with Crippen LogP contribution in [0.4, 0.5) is 10.5 Å². The molecule has 4 rings (SSSR count). The zero-order valence-electron chi connectivity index (χ0n) is 21.0. The highest BCUT2D eigenvalue weighted by molar-refractivity contribution is 9.10. The SMILES string of the molecule is COc1cc(/C=C2/SC(=O)N(CCCc3ccccc3)C2=O)cc(Br)c1OCC(=O)Nc1ccc(C)cc1. The zero-order valence-corrected chi connectivity index (χ0v) is 23.4. The molecule has 1 heterocycles. The maximum atomic E-state index is 12.9. The van der Waals surface area contributed by atoms with Crippen molar-refractivity contribution >= 4 is 56.5 Å². The summed E-state index contributed by atoms with van der Waals surface area (Å²) in [5.74, 6) is 0.123. The van der Waals surface area contributed by atoms with E-state index < -0.39 is 0 Å². The minimum absolute atomic E-state index is 0.218. The minimum atomic E-state index is -0.312. The molecule has 196 valence electrons. The van der Waals surface area contributed by atoms with E-state index in [4.69, 9.17) is 9.47 Å². The van der Waals surface area contributed by atoms with E-state index in [1.165, 1.54) is 17.6 Å². The van der Waals surface area contributed by atoms with E-state index in [1.807, 2.05) is 61.5 Å². The van der Waals surface area contributed by atoms with Crippen molar-refractivity contribution < 1.29 is 23.9 Å². The van der Waals surface area contributed by atoms with Crippen LogP contribution in [-0.2, 0) is 16.0 Å². The molecule has 0 aromatic heterocycles. The van der Waals surface area contributed by atoms with Gasteiger partial charge < -0.3 is 14.8 Å². The van der Waals surface area contributed by atoms with Gasteiger partial charge in [0.1, 0.15) is 0 Å². The molecule has 3 aromatic carbocycles. The number of hydrogen-bond donors (Lipinski definition) is 1. The Balaban J connectivity index is 1.39. The van der Waals surface area contributed by atoms with Crippen molar-refractivity contribution in [3.05, 3.63) is 92.8 Å². The van der Waals surface area contributed by atoms with Gasteiger partial charge in [-0.3, -0.25) is 19.3 Å². The summed E-state index contributed by atoms with van der Waals surface area (Å²) in [6.45, 7) is 2.12. The Hall–Kier alpha value is -3.56. The molecule has 0 atom stereocenters. The fraction of sp³-hybridized carbons (Fsp3) is 0.207. The van der Waals surface area contributed by atoms with E-state index in [0.717, 1.165) is 23.7 Å². The third kappa shape index (κ3) is 7.05. The number of carbonyl (C=O) groups excluding carboxylic acids is 3. The number of ether oxygens (including phenoxy) is 2. The summed E-state index contributed by atoms with van der Waals surface area (Å²) < 4.78 is 11.8. The van der Waals surface area contributed by atoms with Crippen molar-refractivity contribution in [2.24, 2.45) is 0 Å². The Labute approximate surface area is 234 Å². The molecule has 1 saturated heterocycles. The molecule has 7 nitrogen and oxygen atoms in total. The van der Waals surface area contributed by atoms with Crippen LogP contribution in [-0.4, -0.2) is 42.2 Å². The fourth-order valence-corrected chi connectivity index (χ4v) is 5.30. The lowest BCUT2D eigenvalue weighted by Crippen LogP contribution is -2.29. The van der Waals surface area contributed by atoms with E-state index >= 15 is 0 Å². The van der Waals surface area contributed by atoms with Crippen molar-refractivity contribution in [3.63, 3.8) is 0 Å². The maximum Gasteiger partial charge on any atom is 0.293 e. The lowest BCUT2D eigenvalue weighted by molar-refractivity contribution is -0.122. The van der Waals surface area contributed by atoms with Gasteiger partial charge in [0.2, 0.25) is 0 Å². The number of nitrogens with zero attached hydrogens (tertiary/aromatic N) is 1. The van der Waals surface area contributed by atoms with Crippen LogP contribution in [0, 0.1) is 6.92 Å². The van der Waals surface area contributed by atoms with E-state index in [9.17, 15) is 14.4 Å². The molecule has 1 N–H and O–H groups in total. The molecule has 0 bridgehead atoms. The monoisotopic (exact) mass is 594 g/mol. The highest BCUT2D eigenvalue weighted by Gasteiger charge is 2.34. The first-order valence-electron chi connectivity index (χ1n) is 12.0. The maximum absolute atomic E-state index is 12.9. The minimum Gasteiger partial charge on any atom is -0.493 e. The fourth-order valence-electron chi connectivity index (χ4n) is 3.86. The van der Waals surface area contributed by atoms with Crippen molar-refractivity contribution in [1.82, 2.24) is 4.90 Å². The highest BCUT2D eigenvalue weighted by Crippen LogP contribution is 2.39. The number of aryl methyl sites for hydroxylation is 2. The first-order valence-corrected chi connectivity index (χ1v) is 13.6. The number of rotatable bonds is 10. The summed E-state index contributed by atoms with van der Waals surface area (Å²) in [6, 6.07) is 20.9. The Morgan fingerprint density at radius 2 is 1.82 bits per heavy atom. The standard InChI is InChI=1S/C29H27BrN2O5S/c1-19-10-12-22(13-11-19)31-26(33)18-37-27-23(30)15-21(16-24(27)36-2)17-25-28(34)32(29(35)38-25)14-6-9-20-7-4-3-5-8-20/h3-5,7-8,10-13,15-17H,6,9,14,18H2,1-2H3,(H,31,33)/b25-17+. The number of nitrogens with one attached hydrogen (secondary N) is 1. The number of imide groups is 1. The number of benzene rings is 3. The molecule has 9 heteroatoms. The average Bonchev–Trinajstić information content (AvgIpc) is 3.17. The van der Waals surface area contributed by atoms with Gasteiger partial charge in [-0.15, -0.1) is 0 Å². The smallest absolute Gasteiger partial charge is 0.293 e. The van der Waals surface area contributed by atoms with E-state index in [0.29, 0.717) is 45.1 Å². The number of halogens is 1. The first kappa shape index (κ1) is 27.5. The second kappa shape index (κ2) is 12.8. The molecular formula is C29H27BrN2O5S. The lowest BCUT2D eigenvalue weighted by Gasteiger charge is -2.14. The van der Waals surface area contributed by atoms with E-state index in [2.05, 4.69) is 21.2 Å². The van der Waals surface area contributed by atoms with Crippen molar-refractivity contribution in [2.45, 2.75) is 19.8 Å². The summed E-state index contributed by atoms with van der Waals surface area (Å²) in [5, 5.41) is 2.51. The number of methoxy groups -OCH3 is 1. The van der Waals surface area contributed by atoms with Crippen LogP contribution < -0.4 is 14.8 Å². The quantitative estimate of drug-likeness (QED) is 0.271. The number of anilines is 1. The van der Waals surface area contributed by atoms with Crippen LogP contribution in [0.15, 0.2) is 76.1 Å². The molecule has 0 spiro atoms. The van der Waals surface area contributed by atoms with Gasteiger partial charge >= 0.3 is 0 Å². The lowest BCUT2D eigenvalue weighted by atomic mass is 10.1. The van der Waals surface area contributed by atoms with Crippen LogP contribution in [0.25, 0.3) is 6.08 Å². The highest BCUT2D eigenvalue weighted by atomic mass is 79.9. The molecular weight excluding hydrogens is 568 g/mol. The summed E-state index contributed by atoms with van der Waals surface area (Å²) in [4.78, 5) is 39.4. The Kier molecular flexibility index (Phi) is 9.25. The van der Waals surface area contributed by atoms with Gasteiger partial charge in [0.05, 0.1) is 16.5 Å². The van der Waals surface area contributed by atoms with Gasteiger partial charge in [0.25, 0.3) is 17.1 Å². The first-order chi connectivity index (χ1) is 18.3. The molecule has 38 heavy (non-hydrogen) atoms. The number of amides is 3. The van der Waals surface area contributed by atoms with Crippen molar-refractivity contribution in [2.75, 3.05) is 25.6 Å². The second-order valence-corrected chi connectivity index (χ2v) is 10.5. The van der Waals surface area contributed by atoms with Gasteiger partial charge in [0.15, 0.2) is 18.1 Å². The van der Waals surface area contributed by atoms with Crippen LogP contribution in [0.2, 0.25) is 0 Å². The number of hydrogen-bond acceptors (Lipinski definition) is 6. The topological polar surface area (TPSA) is 84.9 Å². The van der Waals surface area contributed by atoms with Crippen molar-refractivity contribution in [1.29, 1.82) is 0 Å². The summed E-state index contributed by atoms with van der Waals surface area (Å²) >= 11 is 4.39. The molecule has 1 fully saturated rings. The van der Waals surface area contributed by atoms with Crippen LogP contribution in [0.3, 0.4) is 0 Å². The number of carbonyl (C=O) groups is 3. The largest absolute Gasteiger partial charge is 0.493 e. The molecule has 1 aliphatic heterocycles. The third-order valence-electron chi connectivity index (χ3n) is 5.80. The molecule has 0 aliphatic carbocycles. The van der Waals surface area contributed by atoms with Gasteiger partial charge in [-0.05, 0) is 88.9 Å². The normalized spacial score (nSPS) is 14.2. The zero-order chi connectivity index (χ0) is 27.1. The van der Waals surface area contributed by atoms with Crippen LogP contribution >= 0.6 is 27.7 Å².